The van der Waals surface area contributed by atoms with Gasteiger partial charge in [-0.25, -0.2) is 9.78 Å². The predicted molar refractivity (Wildman–Crippen MR) is 146 cm³/mol. The smallest absolute Gasteiger partial charge is 0.409 e. The minimum absolute atomic E-state index is 0.111. The number of likely N-dealkylation sites (tertiary alicyclic amines) is 1. The molecule has 190 valence electrons. The van der Waals surface area contributed by atoms with Crippen LogP contribution in [0.15, 0.2) is 71.9 Å². The molecular formula is C29H35ClN4O2. The van der Waals surface area contributed by atoms with Gasteiger partial charge in [0, 0.05) is 49.2 Å². The number of fused-ring (bicyclic) bond motifs is 1. The molecule has 1 atom stereocenters. The van der Waals surface area contributed by atoms with Crippen LogP contribution in [0.4, 0.5) is 4.79 Å². The van der Waals surface area contributed by atoms with Gasteiger partial charge < -0.3 is 14.2 Å². The number of benzene rings is 1. The van der Waals surface area contributed by atoms with Crippen LogP contribution in [0.5, 0.6) is 0 Å². The van der Waals surface area contributed by atoms with E-state index in [2.05, 4.69) is 41.3 Å². The maximum Gasteiger partial charge on any atom is 0.409 e. The number of aryl methyl sites for hydroxylation is 1. The predicted octanol–water partition coefficient (Wildman–Crippen LogP) is 6.90. The molecule has 1 fully saturated rings. The molecule has 1 aliphatic heterocycles. The van der Waals surface area contributed by atoms with Crippen molar-refractivity contribution in [1.82, 2.24) is 14.5 Å². The van der Waals surface area contributed by atoms with Crippen LogP contribution in [0.25, 0.3) is 5.57 Å². The molecule has 1 amide bonds. The lowest BCUT2D eigenvalue weighted by Gasteiger charge is -2.36. The fraction of sp³-hybridized carbons (Fsp3) is 0.414. The summed E-state index contributed by atoms with van der Waals surface area (Å²) in [6.07, 6.45) is 14.9. The van der Waals surface area contributed by atoms with E-state index in [-0.39, 0.29) is 12.0 Å². The van der Waals surface area contributed by atoms with E-state index in [1.807, 2.05) is 36.6 Å². The second-order valence-electron chi connectivity index (χ2n) is 9.39. The van der Waals surface area contributed by atoms with Crippen molar-refractivity contribution >= 4 is 29.5 Å². The normalized spacial score (nSPS) is 18.7. The molecule has 0 N–H and O–H groups in total. The highest BCUT2D eigenvalue weighted by Gasteiger charge is 2.35. The standard InChI is InChI=1S/C29H35ClN4O2/c1-4-12-32-28-21(3)18-23(7-6-14-33-17-13-31-20-33)26-19-24(30)8-9-25(26)27(28)22-10-15-34(16-11-22)29(35)36-5-2/h4,8-9,12-13,17-20,22,27H,1,5-7,10-11,14-16H2,2-3H3. The Morgan fingerprint density at radius 1 is 1.33 bits per heavy atom. The number of carbonyl (C=O) groups excluding carboxylic acids is 1. The number of ether oxygens (including phenoxy) is 1. The van der Waals surface area contributed by atoms with Crippen molar-refractivity contribution in [3.05, 3.63) is 83.1 Å². The average molecular weight is 507 g/mol. The monoisotopic (exact) mass is 506 g/mol. The summed E-state index contributed by atoms with van der Waals surface area (Å²) < 4.78 is 7.35. The Labute approximate surface area is 219 Å². The van der Waals surface area contributed by atoms with E-state index in [0.717, 1.165) is 48.5 Å². The number of amides is 1. The zero-order chi connectivity index (χ0) is 25.5. The number of imidazole rings is 1. The van der Waals surface area contributed by atoms with Gasteiger partial charge in [0.15, 0.2) is 0 Å². The summed E-state index contributed by atoms with van der Waals surface area (Å²) in [5, 5.41) is 0.737. The van der Waals surface area contributed by atoms with Crippen molar-refractivity contribution in [1.29, 1.82) is 0 Å². The number of rotatable bonds is 8. The number of hydrogen-bond acceptors (Lipinski definition) is 4. The highest BCUT2D eigenvalue weighted by atomic mass is 35.5. The van der Waals surface area contributed by atoms with E-state index < -0.39 is 0 Å². The Morgan fingerprint density at radius 2 is 2.14 bits per heavy atom. The van der Waals surface area contributed by atoms with Gasteiger partial charge in [-0.15, -0.1) is 0 Å². The molecule has 1 aliphatic carbocycles. The summed E-state index contributed by atoms with van der Waals surface area (Å²) in [6.45, 7) is 10.5. The summed E-state index contributed by atoms with van der Waals surface area (Å²) >= 11 is 6.53. The first-order valence-corrected chi connectivity index (χ1v) is 13.1. The van der Waals surface area contributed by atoms with E-state index in [9.17, 15) is 4.79 Å². The molecule has 1 saturated heterocycles. The van der Waals surface area contributed by atoms with Gasteiger partial charge in [-0.2, -0.15) is 0 Å². The molecule has 1 aromatic carbocycles. The van der Waals surface area contributed by atoms with Gasteiger partial charge in [0.25, 0.3) is 0 Å². The minimum Gasteiger partial charge on any atom is -0.450 e. The second kappa shape index (κ2) is 12.2. The van der Waals surface area contributed by atoms with Gasteiger partial charge in [-0.1, -0.05) is 36.4 Å². The number of aliphatic imine (C=N–C) groups is 1. The lowest BCUT2D eigenvalue weighted by molar-refractivity contribution is 0.0899. The largest absolute Gasteiger partial charge is 0.450 e. The molecule has 1 aromatic heterocycles. The second-order valence-corrected chi connectivity index (χ2v) is 9.82. The quantitative estimate of drug-likeness (QED) is 0.366. The highest BCUT2D eigenvalue weighted by molar-refractivity contribution is 6.30. The van der Waals surface area contributed by atoms with Crippen molar-refractivity contribution in [3.63, 3.8) is 0 Å². The number of carbonyl (C=O) groups is 1. The van der Waals surface area contributed by atoms with Gasteiger partial charge in [0.1, 0.15) is 0 Å². The lowest BCUT2D eigenvalue weighted by atomic mass is 9.76. The third-order valence-corrected chi connectivity index (χ3v) is 7.30. The molecule has 7 heteroatoms. The first-order chi connectivity index (χ1) is 17.5. The van der Waals surface area contributed by atoms with Crippen LogP contribution in [-0.4, -0.2) is 46.5 Å². The van der Waals surface area contributed by atoms with E-state index in [1.165, 1.54) is 16.7 Å². The molecule has 36 heavy (non-hydrogen) atoms. The summed E-state index contributed by atoms with van der Waals surface area (Å²) in [7, 11) is 0. The molecule has 0 bridgehead atoms. The Morgan fingerprint density at radius 3 is 2.83 bits per heavy atom. The fourth-order valence-electron chi connectivity index (χ4n) is 5.38. The molecule has 1 unspecified atom stereocenters. The lowest BCUT2D eigenvalue weighted by Crippen LogP contribution is -2.40. The van der Waals surface area contributed by atoms with Gasteiger partial charge in [-0.05, 0) is 79.9 Å². The van der Waals surface area contributed by atoms with Gasteiger partial charge in [0.2, 0.25) is 0 Å². The Bertz CT molecular complexity index is 1160. The maximum absolute atomic E-state index is 12.3. The van der Waals surface area contributed by atoms with Crippen molar-refractivity contribution in [3.8, 4) is 0 Å². The van der Waals surface area contributed by atoms with Crippen LogP contribution < -0.4 is 0 Å². The number of piperidine rings is 1. The topological polar surface area (TPSA) is 59.7 Å². The Hall–Kier alpha value is -3.12. The van der Waals surface area contributed by atoms with Gasteiger partial charge >= 0.3 is 6.09 Å². The van der Waals surface area contributed by atoms with E-state index in [0.29, 0.717) is 25.6 Å². The molecule has 6 nitrogen and oxygen atoms in total. The van der Waals surface area contributed by atoms with E-state index >= 15 is 0 Å². The number of hydrogen-bond donors (Lipinski definition) is 0. The summed E-state index contributed by atoms with van der Waals surface area (Å²) in [5.74, 6) is 0.460. The van der Waals surface area contributed by atoms with E-state index in [4.69, 9.17) is 21.3 Å². The van der Waals surface area contributed by atoms with Crippen molar-refractivity contribution in [2.24, 2.45) is 10.9 Å². The number of nitrogens with zero attached hydrogens (tertiary/aromatic N) is 4. The van der Waals surface area contributed by atoms with Crippen LogP contribution in [0, 0.1) is 5.92 Å². The highest BCUT2D eigenvalue weighted by Crippen LogP contribution is 2.46. The first kappa shape index (κ1) is 26.0. The van der Waals surface area contributed by atoms with Crippen LogP contribution >= 0.6 is 11.6 Å². The minimum atomic E-state index is -0.220. The van der Waals surface area contributed by atoms with Gasteiger partial charge in [-0.3, -0.25) is 4.99 Å². The Kier molecular flexibility index (Phi) is 8.81. The summed E-state index contributed by atoms with van der Waals surface area (Å²) in [4.78, 5) is 23.2. The fourth-order valence-corrected chi connectivity index (χ4v) is 5.56. The summed E-state index contributed by atoms with van der Waals surface area (Å²) in [5.41, 5.74) is 5.97. The van der Waals surface area contributed by atoms with Crippen molar-refractivity contribution in [2.75, 3.05) is 19.7 Å². The van der Waals surface area contributed by atoms with Crippen LogP contribution in [0.3, 0.4) is 0 Å². The number of allylic oxidation sites excluding steroid dienone is 5. The van der Waals surface area contributed by atoms with Crippen LogP contribution in [-0.2, 0) is 11.3 Å². The molecule has 4 rings (SSSR count). The van der Waals surface area contributed by atoms with Crippen LogP contribution in [0.2, 0.25) is 5.02 Å². The van der Waals surface area contributed by atoms with E-state index in [1.54, 1.807) is 12.3 Å². The molecule has 2 aliphatic rings. The molecule has 0 spiro atoms. The summed E-state index contributed by atoms with van der Waals surface area (Å²) in [6, 6.07) is 6.26. The first-order valence-electron chi connectivity index (χ1n) is 12.8. The zero-order valence-corrected chi connectivity index (χ0v) is 22.0. The van der Waals surface area contributed by atoms with Crippen LogP contribution in [0.1, 0.15) is 56.6 Å². The van der Waals surface area contributed by atoms with Crippen molar-refractivity contribution < 1.29 is 9.53 Å². The molecule has 2 aromatic rings. The van der Waals surface area contributed by atoms with Gasteiger partial charge in [0.05, 0.1) is 18.6 Å². The maximum atomic E-state index is 12.3. The SMILES string of the molecule is C=CC=NC1=C(C)C=C(CCCn2ccnc2)c2cc(Cl)ccc2C1C1CCN(C(=O)OCC)CC1. The molecule has 0 radical (unpaired) electrons. The molecule has 2 heterocycles. The zero-order valence-electron chi connectivity index (χ0n) is 21.2. The molecule has 0 saturated carbocycles. The average Bonchev–Trinajstić information content (AvgIpc) is 3.36. The number of aromatic nitrogens is 2. The molecular weight excluding hydrogens is 472 g/mol. The Balaban J connectivity index is 1.67. The number of halogens is 1. The van der Waals surface area contributed by atoms with Crippen molar-refractivity contribution in [2.45, 2.75) is 52.0 Å². The third kappa shape index (κ3) is 5.98. The third-order valence-electron chi connectivity index (χ3n) is 7.06.